The summed E-state index contributed by atoms with van der Waals surface area (Å²) in [5, 5.41) is 15.2. The van der Waals surface area contributed by atoms with Gasteiger partial charge in [-0.1, -0.05) is 0 Å². The second kappa shape index (κ2) is 4.21. The van der Waals surface area contributed by atoms with E-state index < -0.39 is 0 Å². The van der Waals surface area contributed by atoms with Gasteiger partial charge in [0, 0.05) is 17.1 Å². The van der Waals surface area contributed by atoms with E-state index in [-0.39, 0.29) is 11.3 Å². The molecule has 5 heteroatoms. The molecule has 1 amide bonds. The molecule has 0 atom stereocenters. The first kappa shape index (κ1) is 11.4. The zero-order valence-corrected chi connectivity index (χ0v) is 10.6. The summed E-state index contributed by atoms with van der Waals surface area (Å²) >= 11 is 1.55. The Hall–Kier alpha value is -1.67. The molecule has 1 heterocycles. The van der Waals surface area contributed by atoms with Gasteiger partial charge in [-0.15, -0.1) is 11.8 Å². The first-order valence-electron chi connectivity index (χ1n) is 5.93. The molecule has 92 valence electrons. The molecule has 1 aliphatic heterocycles. The lowest BCUT2D eigenvalue weighted by atomic mass is 10.1. The summed E-state index contributed by atoms with van der Waals surface area (Å²) in [7, 11) is 0. The van der Waals surface area contributed by atoms with Crippen molar-refractivity contribution in [1.82, 2.24) is 0 Å². The monoisotopic (exact) mass is 259 g/mol. The third kappa shape index (κ3) is 2.16. The van der Waals surface area contributed by atoms with Crippen LogP contribution in [0.2, 0.25) is 0 Å². The van der Waals surface area contributed by atoms with Crippen LogP contribution in [0.1, 0.15) is 12.8 Å². The lowest BCUT2D eigenvalue weighted by Crippen LogP contribution is -2.19. The van der Waals surface area contributed by atoms with Crippen molar-refractivity contribution in [3.05, 3.63) is 18.2 Å². The maximum Gasteiger partial charge on any atom is 0.234 e. The highest BCUT2D eigenvalue weighted by molar-refractivity contribution is 8.00. The van der Waals surface area contributed by atoms with Gasteiger partial charge >= 0.3 is 0 Å². The maximum atomic E-state index is 11.3. The van der Waals surface area contributed by atoms with Crippen LogP contribution >= 0.6 is 11.8 Å². The number of benzene rings is 1. The van der Waals surface area contributed by atoms with Gasteiger partial charge in [-0.25, -0.2) is 0 Å². The van der Waals surface area contributed by atoms with Crippen LogP contribution in [0.3, 0.4) is 0 Å². The van der Waals surface area contributed by atoms with E-state index in [9.17, 15) is 4.79 Å². The van der Waals surface area contributed by atoms with Crippen molar-refractivity contribution in [2.24, 2.45) is 5.41 Å². The average Bonchev–Trinajstić information content (AvgIpc) is 3.16. The summed E-state index contributed by atoms with van der Waals surface area (Å²) in [5.41, 5.74) is 1.66. The molecule has 4 nitrogen and oxygen atoms in total. The van der Waals surface area contributed by atoms with Crippen molar-refractivity contribution in [1.29, 1.82) is 5.26 Å². The van der Waals surface area contributed by atoms with Crippen LogP contribution in [0, 0.1) is 16.7 Å². The van der Waals surface area contributed by atoms with Gasteiger partial charge in [0.25, 0.3) is 0 Å². The quantitative estimate of drug-likeness (QED) is 0.875. The number of hydrogen-bond acceptors (Lipinski definition) is 4. The van der Waals surface area contributed by atoms with E-state index in [1.807, 2.05) is 18.2 Å². The second-order valence-electron chi connectivity index (χ2n) is 4.79. The molecule has 18 heavy (non-hydrogen) atoms. The van der Waals surface area contributed by atoms with Crippen LogP contribution in [0.4, 0.5) is 11.4 Å². The third-order valence-corrected chi connectivity index (χ3v) is 4.41. The minimum absolute atomic E-state index is 0.0420. The Labute approximate surface area is 110 Å². The summed E-state index contributed by atoms with van der Waals surface area (Å²) in [6.07, 6.45) is 1.96. The number of nitriles is 1. The van der Waals surface area contributed by atoms with Gasteiger partial charge in [0.05, 0.1) is 22.9 Å². The van der Waals surface area contributed by atoms with Gasteiger partial charge in [-0.3, -0.25) is 4.79 Å². The fourth-order valence-corrected chi connectivity index (χ4v) is 2.73. The number of carbonyl (C=O) groups is 1. The van der Waals surface area contributed by atoms with Crippen molar-refractivity contribution in [2.75, 3.05) is 22.9 Å². The van der Waals surface area contributed by atoms with Crippen LogP contribution in [-0.4, -0.2) is 18.2 Å². The van der Waals surface area contributed by atoms with Gasteiger partial charge in [0.2, 0.25) is 5.91 Å². The van der Waals surface area contributed by atoms with Crippen LogP contribution in [-0.2, 0) is 4.79 Å². The normalized spacial score (nSPS) is 19.4. The number of rotatable bonds is 3. The molecule has 0 unspecified atom stereocenters. The van der Waals surface area contributed by atoms with Crippen molar-refractivity contribution < 1.29 is 4.79 Å². The summed E-state index contributed by atoms with van der Waals surface area (Å²) in [5.74, 6) is 0.525. The molecule has 1 aromatic carbocycles. The van der Waals surface area contributed by atoms with Crippen LogP contribution < -0.4 is 10.6 Å². The number of anilines is 2. The molecule has 1 aliphatic carbocycles. The zero-order valence-electron chi connectivity index (χ0n) is 9.82. The molecular weight excluding hydrogens is 246 g/mol. The van der Waals surface area contributed by atoms with Crippen molar-refractivity contribution in [3.8, 4) is 6.07 Å². The molecule has 1 saturated carbocycles. The van der Waals surface area contributed by atoms with E-state index in [1.54, 1.807) is 11.8 Å². The van der Waals surface area contributed by atoms with E-state index in [0.717, 1.165) is 29.1 Å². The first-order valence-corrected chi connectivity index (χ1v) is 6.91. The minimum atomic E-state index is -0.159. The molecule has 2 N–H and O–H groups in total. The fraction of sp³-hybridized carbons (Fsp3) is 0.385. The molecule has 3 rings (SSSR count). The highest BCUT2D eigenvalue weighted by Crippen LogP contribution is 2.45. The van der Waals surface area contributed by atoms with E-state index >= 15 is 0 Å². The predicted octanol–water partition coefficient (Wildman–Crippen LogP) is 2.45. The Morgan fingerprint density at radius 2 is 2.33 bits per heavy atom. The molecule has 0 radical (unpaired) electrons. The molecular formula is C13H13N3OS. The van der Waals surface area contributed by atoms with Crippen molar-refractivity contribution in [3.63, 3.8) is 0 Å². The number of nitrogens with one attached hydrogen (secondary N) is 2. The van der Waals surface area contributed by atoms with Gasteiger partial charge in [-0.2, -0.15) is 5.26 Å². The fourth-order valence-electron chi connectivity index (χ4n) is 1.94. The molecule has 2 aliphatic rings. The van der Waals surface area contributed by atoms with Crippen LogP contribution in [0.15, 0.2) is 23.1 Å². The SMILES string of the molecule is N#CC1(CNc2ccc3c(c2)NC(=O)CS3)CC1. The highest BCUT2D eigenvalue weighted by Gasteiger charge is 2.42. The molecule has 0 spiro atoms. The largest absolute Gasteiger partial charge is 0.383 e. The number of carbonyl (C=O) groups excluding carboxylic acids is 1. The number of nitrogens with zero attached hydrogens (tertiary/aromatic N) is 1. The first-order chi connectivity index (χ1) is 8.71. The predicted molar refractivity (Wildman–Crippen MR) is 71.6 cm³/mol. The summed E-state index contributed by atoms with van der Waals surface area (Å²) in [6.45, 7) is 0.684. The maximum absolute atomic E-state index is 11.3. The number of amides is 1. The van der Waals surface area contributed by atoms with E-state index in [1.165, 1.54) is 0 Å². The smallest absolute Gasteiger partial charge is 0.234 e. The number of fused-ring (bicyclic) bond motifs is 1. The molecule has 0 aromatic heterocycles. The Morgan fingerprint density at radius 1 is 1.50 bits per heavy atom. The Balaban J connectivity index is 1.72. The van der Waals surface area contributed by atoms with Crippen molar-refractivity contribution in [2.45, 2.75) is 17.7 Å². The average molecular weight is 259 g/mol. The van der Waals surface area contributed by atoms with Crippen LogP contribution in [0.25, 0.3) is 0 Å². The summed E-state index contributed by atoms with van der Waals surface area (Å²) in [6, 6.07) is 8.30. The lowest BCUT2D eigenvalue weighted by Gasteiger charge is -2.18. The Kier molecular flexibility index (Phi) is 2.67. The van der Waals surface area contributed by atoms with Gasteiger partial charge in [0.15, 0.2) is 0 Å². The summed E-state index contributed by atoms with van der Waals surface area (Å²) < 4.78 is 0. The van der Waals surface area contributed by atoms with Gasteiger partial charge in [-0.05, 0) is 31.0 Å². The molecule has 0 bridgehead atoms. The zero-order chi connectivity index (χ0) is 12.6. The highest BCUT2D eigenvalue weighted by atomic mass is 32.2. The molecule has 0 saturated heterocycles. The van der Waals surface area contributed by atoms with E-state index in [4.69, 9.17) is 5.26 Å². The lowest BCUT2D eigenvalue weighted by molar-refractivity contribution is -0.113. The van der Waals surface area contributed by atoms with Crippen LogP contribution in [0.5, 0.6) is 0 Å². The third-order valence-electron chi connectivity index (χ3n) is 3.33. The van der Waals surface area contributed by atoms with Gasteiger partial charge in [0.1, 0.15) is 0 Å². The molecule has 1 aromatic rings. The Bertz CT molecular complexity index is 546. The van der Waals surface area contributed by atoms with Crippen molar-refractivity contribution >= 4 is 29.0 Å². The van der Waals surface area contributed by atoms with E-state index in [0.29, 0.717) is 12.3 Å². The minimum Gasteiger partial charge on any atom is -0.383 e. The van der Waals surface area contributed by atoms with Gasteiger partial charge < -0.3 is 10.6 Å². The standard InChI is InChI=1S/C13H13N3OS/c14-7-13(3-4-13)8-15-9-1-2-11-10(5-9)16-12(17)6-18-11/h1-2,5,15H,3-4,6,8H2,(H,16,17). The number of thioether (sulfide) groups is 1. The Morgan fingerprint density at radius 3 is 3.06 bits per heavy atom. The topological polar surface area (TPSA) is 64.9 Å². The second-order valence-corrected chi connectivity index (χ2v) is 5.81. The summed E-state index contributed by atoms with van der Waals surface area (Å²) in [4.78, 5) is 12.4. The molecule has 1 fully saturated rings. The number of hydrogen-bond donors (Lipinski definition) is 2. The van der Waals surface area contributed by atoms with E-state index in [2.05, 4.69) is 16.7 Å².